The van der Waals surface area contributed by atoms with Crippen molar-refractivity contribution >= 4 is 22.8 Å². The summed E-state index contributed by atoms with van der Waals surface area (Å²) in [5.41, 5.74) is -0.206. The predicted molar refractivity (Wildman–Crippen MR) is 74.1 cm³/mol. The maximum atomic E-state index is 12.4. The van der Waals surface area contributed by atoms with Gasteiger partial charge < -0.3 is 10.0 Å². The van der Waals surface area contributed by atoms with E-state index in [0.717, 1.165) is 0 Å². The van der Waals surface area contributed by atoms with E-state index in [-0.39, 0.29) is 5.69 Å². The van der Waals surface area contributed by atoms with Crippen LogP contribution in [-0.2, 0) is 4.79 Å². The Kier molecular flexibility index (Phi) is 3.17. The van der Waals surface area contributed by atoms with Gasteiger partial charge in [-0.1, -0.05) is 12.1 Å². The molecule has 1 aromatic heterocycles. The lowest BCUT2D eigenvalue weighted by atomic mass is 10.2. The van der Waals surface area contributed by atoms with Crippen molar-refractivity contribution in [2.75, 3.05) is 6.54 Å². The second kappa shape index (κ2) is 5.01. The third-order valence-corrected chi connectivity index (χ3v) is 3.68. The van der Waals surface area contributed by atoms with Crippen LogP contribution in [0.3, 0.4) is 0 Å². The molecule has 1 aliphatic heterocycles. The Labute approximate surface area is 119 Å². The molecule has 2 heterocycles. The monoisotopic (exact) mass is 287 g/mol. The van der Waals surface area contributed by atoms with Gasteiger partial charge in [-0.3, -0.25) is 14.7 Å². The first-order chi connectivity index (χ1) is 10.1. The molecule has 0 radical (unpaired) electrons. The fraction of sp³-hybridized carbons (Fsp3) is 0.286. The number of para-hydroxylation sites is 1. The summed E-state index contributed by atoms with van der Waals surface area (Å²) in [6.07, 6.45) is 1.00. The molecule has 1 aromatic carbocycles. The maximum absolute atomic E-state index is 12.4. The molecule has 0 spiro atoms. The summed E-state index contributed by atoms with van der Waals surface area (Å²) in [5, 5.41) is 16.0. The first-order valence-electron chi connectivity index (χ1n) is 6.61. The van der Waals surface area contributed by atoms with Crippen molar-refractivity contribution in [1.29, 1.82) is 0 Å². The molecule has 1 aliphatic rings. The molecular weight excluding hydrogens is 274 g/mol. The molecule has 1 saturated heterocycles. The van der Waals surface area contributed by atoms with Gasteiger partial charge in [0.1, 0.15) is 6.04 Å². The third kappa shape index (κ3) is 2.16. The molecule has 2 aromatic rings. The number of carboxylic acids is 1. The number of aliphatic carboxylic acids is 1. The fourth-order valence-corrected chi connectivity index (χ4v) is 2.62. The number of hydrogen-bond acceptors (Lipinski definition) is 4. The summed E-state index contributed by atoms with van der Waals surface area (Å²) >= 11 is 0. The van der Waals surface area contributed by atoms with Crippen LogP contribution in [0, 0.1) is 0 Å². The van der Waals surface area contributed by atoms with Crippen molar-refractivity contribution in [1.82, 2.24) is 15.1 Å². The van der Waals surface area contributed by atoms with E-state index >= 15 is 0 Å². The summed E-state index contributed by atoms with van der Waals surface area (Å²) in [6, 6.07) is 5.86. The molecule has 1 fully saturated rings. The molecule has 0 bridgehead atoms. The van der Waals surface area contributed by atoms with Gasteiger partial charge in [0.2, 0.25) is 5.43 Å². The minimum absolute atomic E-state index is 0.262. The van der Waals surface area contributed by atoms with E-state index in [2.05, 4.69) is 10.2 Å². The number of aromatic nitrogens is 2. The number of hydrogen-bond donors (Lipinski definition) is 2. The number of carbonyl (C=O) groups is 2. The number of amides is 1. The molecule has 7 nitrogen and oxygen atoms in total. The summed E-state index contributed by atoms with van der Waals surface area (Å²) < 4.78 is 0. The van der Waals surface area contributed by atoms with Gasteiger partial charge in [0.05, 0.1) is 5.52 Å². The van der Waals surface area contributed by atoms with Crippen LogP contribution in [-0.4, -0.2) is 44.7 Å². The molecule has 3 rings (SSSR count). The lowest BCUT2D eigenvalue weighted by molar-refractivity contribution is -0.141. The highest BCUT2D eigenvalue weighted by molar-refractivity contribution is 5.97. The highest BCUT2D eigenvalue weighted by Gasteiger charge is 2.36. The van der Waals surface area contributed by atoms with Crippen LogP contribution < -0.4 is 5.43 Å². The van der Waals surface area contributed by atoms with E-state index in [1.807, 2.05) is 0 Å². The van der Waals surface area contributed by atoms with E-state index in [0.29, 0.717) is 30.3 Å². The largest absolute Gasteiger partial charge is 0.480 e. The first-order valence-corrected chi connectivity index (χ1v) is 6.61. The molecule has 2 N–H and O–H groups in total. The van der Waals surface area contributed by atoms with Crippen LogP contribution in [0.15, 0.2) is 29.1 Å². The first kappa shape index (κ1) is 13.3. The number of likely N-dealkylation sites (tertiary alicyclic amines) is 1. The smallest absolute Gasteiger partial charge is 0.326 e. The summed E-state index contributed by atoms with van der Waals surface area (Å²) in [6.45, 7) is 0.323. The quantitative estimate of drug-likeness (QED) is 0.842. The van der Waals surface area contributed by atoms with Crippen LogP contribution in [0.4, 0.5) is 0 Å². The van der Waals surface area contributed by atoms with Gasteiger partial charge in [-0.25, -0.2) is 4.79 Å². The summed E-state index contributed by atoms with van der Waals surface area (Å²) in [5.74, 6) is -1.69. The Bertz CT molecular complexity index is 783. The predicted octanol–water partition coefficient (Wildman–Crippen LogP) is 0.612. The van der Waals surface area contributed by atoms with Crippen molar-refractivity contribution in [3.05, 3.63) is 40.2 Å². The number of fused-ring (bicyclic) bond motifs is 1. The number of rotatable bonds is 2. The topological polar surface area (TPSA) is 103 Å². The molecule has 1 amide bonds. The molecule has 108 valence electrons. The van der Waals surface area contributed by atoms with Crippen molar-refractivity contribution in [2.45, 2.75) is 18.9 Å². The van der Waals surface area contributed by atoms with E-state index in [4.69, 9.17) is 5.11 Å². The van der Waals surface area contributed by atoms with Gasteiger partial charge in [-0.2, -0.15) is 5.10 Å². The number of benzene rings is 1. The van der Waals surface area contributed by atoms with E-state index in [1.165, 1.54) is 4.90 Å². The molecule has 0 saturated carbocycles. The van der Waals surface area contributed by atoms with Crippen LogP contribution in [0.2, 0.25) is 0 Å². The van der Waals surface area contributed by atoms with E-state index in [9.17, 15) is 14.4 Å². The summed E-state index contributed by atoms with van der Waals surface area (Å²) in [4.78, 5) is 37.1. The minimum atomic E-state index is -1.06. The Morgan fingerprint density at radius 2 is 2.10 bits per heavy atom. The third-order valence-electron chi connectivity index (χ3n) is 3.68. The highest BCUT2D eigenvalue weighted by Crippen LogP contribution is 2.19. The number of nitrogens with zero attached hydrogens (tertiary/aromatic N) is 2. The van der Waals surface area contributed by atoms with Gasteiger partial charge in [0.15, 0.2) is 5.69 Å². The van der Waals surface area contributed by atoms with Crippen molar-refractivity contribution in [2.24, 2.45) is 0 Å². The van der Waals surface area contributed by atoms with Crippen molar-refractivity contribution in [3.8, 4) is 0 Å². The minimum Gasteiger partial charge on any atom is -0.480 e. The van der Waals surface area contributed by atoms with E-state index in [1.54, 1.807) is 24.3 Å². The molecule has 1 atom stereocenters. The zero-order chi connectivity index (χ0) is 15.0. The van der Waals surface area contributed by atoms with Gasteiger partial charge in [0.25, 0.3) is 5.91 Å². The van der Waals surface area contributed by atoms with Crippen molar-refractivity contribution in [3.63, 3.8) is 0 Å². The van der Waals surface area contributed by atoms with Gasteiger partial charge in [-0.15, -0.1) is 0 Å². The number of H-pyrrole nitrogens is 1. The molecule has 21 heavy (non-hydrogen) atoms. The maximum Gasteiger partial charge on any atom is 0.326 e. The zero-order valence-corrected chi connectivity index (χ0v) is 11.1. The normalized spacial score (nSPS) is 18.1. The van der Waals surface area contributed by atoms with Gasteiger partial charge >= 0.3 is 5.97 Å². The number of carboxylic acid groups (broad SMARTS) is 1. The number of aromatic amines is 1. The van der Waals surface area contributed by atoms with Crippen LogP contribution in [0.5, 0.6) is 0 Å². The fourth-order valence-electron chi connectivity index (χ4n) is 2.62. The van der Waals surface area contributed by atoms with E-state index < -0.39 is 23.3 Å². The Hall–Kier alpha value is -2.70. The molecule has 0 unspecified atom stereocenters. The average Bonchev–Trinajstić information content (AvgIpc) is 2.97. The van der Waals surface area contributed by atoms with Crippen LogP contribution in [0.25, 0.3) is 10.9 Å². The van der Waals surface area contributed by atoms with Gasteiger partial charge in [-0.05, 0) is 25.0 Å². The van der Waals surface area contributed by atoms with Crippen LogP contribution >= 0.6 is 0 Å². The van der Waals surface area contributed by atoms with Crippen LogP contribution in [0.1, 0.15) is 23.3 Å². The molecular formula is C14H13N3O4. The highest BCUT2D eigenvalue weighted by atomic mass is 16.4. The number of carbonyl (C=O) groups excluding carboxylic acids is 1. The van der Waals surface area contributed by atoms with Gasteiger partial charge in [0, 0.05) is 11.9 Å². The lowest BCUT2D eigenvalue weighted by Crippen LogP contribution is -2.42. The lowest BCUT2D eigenvalue weighted by Gasteiger charge is -2.20. The SMILES string of the molecule is O=C(O)[C@@H]1CCCN1C(=O)c1n[nH]c2ccccc2c1=O. The molecule has 7 heteroatoms. The summed E-state index contributed by atoms with van der Waals surface area (Å²) in [7, 11) is 0. The Morgan fingerprint density at radius 1 is 1.33 bits per heavy atom. The molecule has 0 aliphatic carbocycles. The zero-order valence-electron chi connectivity index (χ0n) is 11.1. The number of nitrogens with one attached hydrogen (secondary N) is 1. The second-order valence-electron chi connectivity index (χ2n) is 4.94. The average molecular weight is 287 g/mol. The Morgan fingerprint density at radius 3 is 2.86 bits per heavy atom. The second-order valence-corrected chi connectivity index (χ2v) is 4.94. The van der Waals surface area contributed by atoms with Crippen molar-refractivity contribution < 1.29 is 14.7 Å². The standard InChI is InChI=1S/C14H13N3O4/c18-12-8-4-1-2-5-9(8)15-16-11(12)13(19)17-7-3-6-10(17)14(20)21/h1-2,4-5,10H,3,6-7H2,(H,15,18)(H,20,21)/t10-/m0/s1. The Balaban J connectivity index is 2.04.